The summed E-state index contributed by atoms with van der Waals surface area (Å²) in [6.45, 7) is 2.05. The van der Waals surface area contributed by atoms with Crippen molar-refractivity contribution in [2.75, 3.05) is 0 Å². The second-order valence-corrected chi connectivity index (χ2v) is 7.82. The van der Waals surface area contributed by atoms with Gasteiger partial charge in [0.2, 0.25) is 0 Å². The van der Waals surface area contributed by atoms with Crippen molar-refractivity contribution in [1.82, 2.24) is 0 Å². The number of benzene rings is 3. The molecule has 0 radical (unpaired) electrons. The third kappa shape index (κ3) is 4.01. The van der Waals surface area contributed by atoms with Crippen LogP contribution in [0.15, 0.2) is 96.6 Å². The Morgan fingerprint density at radius 1 is 0.818 bits per heavy atom. The number of aryl methyl sites for hydroxylation is 1. The second kappa shape index (κ2) is 9.26. The van der Waals surface area contributed by atoms with E-state index in [0.29, 0.717) is 11.5 Å². The van der Waals surface area contributed by atoms with E-state index in [1.165, 1.54) is 6.21 Å². The van der Waals surface area contributed by atoms with Gasteiger partial charge >= 0.3 is 0 Å². The highest BCUT2D eigenvalue weighted by molar-refractivity contribution is 5.82. The van der Waals surface area contributed by atoms with Crippen LogP contribution in [0.5, 0.6) is 11.5 Å². The quantitative estimate of drug-likeness (QED) is 0.387. The van der Waals surface area contributed by atoms with E-state index in [1.807, 2.05) is 43.3 Å². The lowest BCUT2D eigenvalue weighted by atomic mass is 9.59. The fourth-order valence-corrected chi connectivity index (χ4v) is 4.51. The predicted octanol–water partition coefficient (Wildman–Crippen LogP) is 5.93. The van der Waals surface area contributed by atoms with Gasteiger partial charge in [-0.05, 0) is 53.5 Å². The molecule has 33 heavy (non-hydrogen) atoms. The lowest BCUT2D eigenvalue weighted by molar-refractivity contribution is 0.502. The van der Waals surface area contributed by atoms with Gasteiger partial charge in [0.15, 0.2) is 0 Å². The zero-order valence-electron chi connectivity index (χ0n) is 18.0. The van der Waals surface area contributed by atoms with E-state index in [0.717, 1.165) is 27.8 Å². The molecule has 0 aromatic heterocycles. The molecular weight excluding hydrogens is 410 g/mol. The minimum Gasteiger partial charge on any atom is -0.388 e. The van der Waals surface area contributed by atoms with Crippen LogP contribution in [0.3, 0.4) is 0 Å². The zero-order valence-corrected chi connectivity index (χ0v) is 18.0. The molecule has 1 aliphatic rings. The van der Waals surface area contributed by atoms with E-state index in [9.17, 15) is 0 Å². The summed E-state index contributed by atoms with van der Waals surface area (Å²) in [5.74, 6) is 0.749. The van der Waals surface area contributed by atoms with E-state index >= 15 is 0 Å². The van der Waals surface area contributed by atoms with Crippen LogP contribution in [0.25, 0.3) is 0 Å². The number of nitrogens with one attached hydrogen (secondary N) is 1. The van der Waals surface area contributed by atoms with Crippen molar-refractivity contribution in [3.63, 3.8) is 0 Å². The number of nitriles is 2. The number of rotatable bonds is 6. The van der Waals surface area contributed by atoms with Gasteiger partial charge in [-0.1, -0.05) is 72.3 Å². The topological polar surface area (TPSA) is 89.9 Å². The molecular formula is C28H21N3O2. The normalized spacial score (nSPS) is 16.1. The third-order valence-electron chi connectivity index (χ3n) is 6.00. The highest BCUT2D eigenvalue weighted by Crippen LogP contribution is 2.51. The van der Waals surface area contributed by atoms with Gasteiger partial charge in [0, 0.05) is 17.5 Å². The highest BCUT2D eigenvalue weighted by Gasteiger charge is 2.43. The smallest absolute Gasteiger partial charge is 0.292 e. The van der Waals surface area contributed by atoms with Gasteiger partial charge in [0.1, 0.15) is 11.5 Å². The van der Waals surface area contributed by atoms with Gasteiger partial charge in [-0.25, -0.2) is 0 Å². The molecule has 1 N–H and O–H groups in total. The van der Waals surface area contributed by atoms with Gasteiger partial charge < -0.3 is 14.9 Å². The molecule has 0 heterocycles. The number of hydrogen-bond acceptors (Lipinski definition) is 5. The largest absolute Gasteiger partial charge is 0.388 e. The van der Waals surface area contributed by atoms with Crippen LogP contribution in [-0.4, -0.2) is 6.21 Å². The van der Waals surface area contributed by atoms with Crippen molar-refractivity contribution in [2.45, 2.75) is 18.3 Å². The van der Waals surface area contributed by atoms with E-state index in [1.54, 1.807) is 36.8 Å². The molecule has 1 aliphatic carbocycles. The Morgan fingerprint density at radius 3 is 1.79 bits per heavy atom. The molecule has 0 bridgehead atoms. The Labute approximate surface area is 193 Å². The molecule has 0 aliphatic heterocycles. The average molecular weight is 431 g/mol. The zero-order chi connectivity index (χ0) is 23.3. The highest BCUT2D eigenvalue weighted by atomic mass is 16.5. The first kappa shape index (κ1) is 21.6. The van der Waals surface area contributed by atoms with Crippen molar-refractivity contribution in [3.8, 4) is 24.0 Å². The molecule has 3 aromatic rings. The van der Waals surface area contributed by atoms with E-state index in [-0.39, 0.29) is 5.92 Å². The Bertz CT molecular complexity index is 1230. The van der Waals surface area contributed by atoms with Crippen molar-refractivity contribution >= 4 is 6.21 Å². The number of nitrogens with zero attached hydrogens (tertiary/aromatic N) is 2. The molecule has 0 saturated carbocycles. The fourth-order valence-electron chi connectivity index (χ4n) is 4.51. The molecule has 0 fully saturated rings. The number of ether oxygens (including phenoxy) is 2. The number of hydrogen-bond donors (Lipinski definition) is 1. The Morgan fingerprint density at radius 2 is 1.33 bits per heavy atom. The lowest BCUT2D eigenvalue weighted by Gasteiger charge is -2.42. The van der Waals surface area contributed by atoms with Crippen LogP contribution in [0.4, 0.5) is 0 Å². The van der Waals surface area contributed by atoms with Gasteiger partial charge in [0.05, 0.1) is 0 Å². The van der Waals surface area contributed by atoms with Crippen molar-refractivity contribution in [1.29, 1.82) is 15.9 Å². The van der Waals surface area contributed by atoms with Gasteiger partial charge in [0.25, 0.3) is 12.5 Å². The van der Waals surface area contributed by atoms with Crippen LogP contribution in [-0.2, 0) is 5.41 Å². The summed E-state index contributed by atoms with van der Waals surface area (Å²) in [6.07, 6.45) is 10.9. The van der Waals surface area contributed by atoms with E-state index < -0.39 is 5.41 Å². The van der Waals surface area contributed by atoms with Gasteiger partial charge in [-0.15, -0.1) is 10.5 Å². The Balaban J connectivity index is 1.97. The number of allylic oxidation sites excluding steroid dienone is 4. The fraction of sp³-hybridized carbons (Fsp3) is 0.107. The maximum absolute atomic E-state index is 8.87. The van der Waals surface area contributed by atoms with Gasteiger partial charge in [-0.3, -0.25) is 0 Å². The summed E-state index contributed by atoms with van der Waals surface area (Å²) in [7, 11) is 0. The molecule has 1 unspecified atom stereocenters. The van der Waals surface area contributed by atoms with Gasteiger partial charge in [-0.2, -0.15) is 0 Å². The average Bonchev–Trinajstić information content (AvgIpc) is 2.85. The summed E-state index contributed by atoms with van der Waals surface area (Å²) in [5.41, 5.74) is 4.43. The summed E-state index contributed by atoms with van der Waals surface area (Å²) >= 11 is 0. The van der Waals surface area contributed by atoms with Crippen molar-refractivity contribution in [3.05, 3.63) is 119 Å². The minimum atomic E-state index is -0.646. The van der Waals surface area contributed by atoms with Crippen LogP contribution < -0.4 is 9.47 Å². The first-order chi connectivity index (χ1) is 16.1. The minimum absolute atomic E-state index is 0.175. The summed E-state index contributed by atoms with van der Waals surface area (Å²) in [4.78, 5) is 0. The maximum atomic E-state index is 8.87. The Hall–Kier alpha value is -4.61. The first-order valence-corrected chi connectivity index (χ1v) is 10.4. The van der Waals surface area contributed by atoms with Crippen molar-refractivity contribution < 1.29 is 9.47 Å². The van der Waals surface area contributed by atoms with Crippen molar-refractivity contribution in [2.24, 2.45) is 0 Å². The third-order valence-corrected chi connectivity index (χ3v) is 6.00. The molecule has 0 spiro atoms. The molecule has 5 nitrogen and oxygen atoms in total. The predicted molar refractivity (Wildman–Crippen MR) is 126 cm³/mol. The summed E-state index contributed by atoms with van der Waals surface area (Å²) in [6, 6.07) is 23.3. The van der Waals surface area contributed by atoms with Crippen LogP contribution in [0.1, 0.15) is 28.2 Å². The summed E-state index contributed by atoms with van der Waals surface area (Å²) < 4.78 is 9.98. The van der Waals surface area contributed by atoms with E-state index in [2.05, 4.69) is 30.3 Å². The lowest BCUT2D eigenvalue weighted by Crippen LogP contribution is -2.36. The molecule has 160 valence electrons. The van der Waals surface area contributed by atoms with Crippen LogP contribution >= 0.6 is 0 Å². The molecule has 4 rings (SSSR count). The van der Waals surface area contributed by atoms with Crippen LogP contribution in [0.2, 0.25) is 0 Å². The monoisotopic (exact) mass is 431 g/mol. The molecule has 0 amide bonds. The van der Waals surface area contributed by atoms with E-state index in [4.69, 9.17) is 25.4 Å². The first-order valence-electron chi connectivity index (χ1n) is 10.4. The SMILES string of the molecule is Cc1ccc(C2C(C=N)=CC=CC2(c2ccc(OC#N)cc2)c2ccc(OC#N)cc2)cc1. The molecule has 5 heteroatoms. The molecule has 0 saturated heterocycles. The molecule has 3 aromatic carbocycles. The second-order valence-electron chi connectivity index (χ2n) is 7.82. The molecule has 1 atom stereocenters. The Kier molecular flexibility index (Phi) is 6.06. The maximum Gasteiger partial charge on any atom is 0.292 e. The summed E-state index contributed by atoms with van der Waals surface area (Å²) in [5, 5.41) is 25.9. The van der Waals surface area contributed by atoms with Crippen LogP contribution in [0, 0.1) is 35.4 Å². The standard InChI is InChI=1S/C28H21N3O2/c1-20-4-6-21(7-5-20)27-22(17-29)3-2-16-28(27,23-8-12-25(13-9-23)32-18-30)24-10-14-26(15-11-24)33-19-31/h2-17,27,29H,1H3.